The van der Waals surface area contributed by atoms with Gasteiger partial charge in [-0.1, -0.05) is 12.0 Å². The second-order valence-electron chi connectivity index (χ2n) is 4.31. The normalized spacial score (nSPS) is 10.8. The maximum absolute atomic E-state index is 5.41. The smallest absolute Gasteiger partial charge is 0.161 e. The molecule has 92 valence electrons. The lowest BCUT2D eigenvalue weighted by molar-refractivity contribution is 0.354. The number of benzene rings is 1. The van der Waals surface area contributed by atoms with Gasteiger partial charge in [-0.2, -0.15) is 0 Å². The molecule has 0 aromatic heterocycles. The molecule has 0 aliphatic rings. The van der Waals surface area contributed by atoms with Crippen molar-refractivity contribution in [3.05, 3.63) is 23.8 Å². The maximum atomic E-state index is 5.41. The van der Waals surface area contributed by atoms with Crippen molar-refractivity contribution < 1.29 is 9.47 Å². The fraction of sp³-hybridized carbons (Fsp3) is 0.429. The molecule has 17 heavy (non-hydrogen) atoms. The van der Waals surface area contributed by atoms with E-state index in [1.165, 1.54) is 0 Å². The van der Waals surface area contributed by atoms with Gasteiger partial charge in [0, 0.05) is 6.54 Å². The van der Waals surface area contributed by atoms with E-state index in [9.17, 15) is 0 Å². The molecule has 0 aliphatic heterocycles. The van der Waals surface area contributed by atoms with E-state index >= 15 is 0 Å². The minimum Gasteiger partial charge on any atom is -0.493 e. The molecule has 1 aromatic carbocycles. The van der Waals surface area contributed by atoms with Crippen molar-refractivity contribution in [1.82, 2.24) is 5.32 Å². The van der Waals surface area contributed by atoms with E-state index in [0.717, 1.165) is 17.1 Å². The van der Waals surface area contributed by atoms with E-state index in [1.54, 1.807) is 14.2 Å². The Hall–Kier alpha value is -1.66. The largest absolute Gasteiger partial charge is 0.493 e. The number of nitrogens with one attached hydrogen (secondary N) is 1. The molecule has 0 saturated carbocycles. The van der Waals surface area contributed by atoms with Crippen LogP contribution in [0.3, 0.4) is 0 Å². The monoisotopic (exact) mass is 233 g/mol. The van der Waals surface area contributed by atoms with Crippen molar-refractivity contribution in [3.8, 4) is 23.8 Å². The lowest BCUT2D eigenvalue weighted by atomic mass is 10.1. The Labute approximate surface area is 103 Å². The van der Waals surface area contributed by atoms with Gasteiger partial charge >= 0.3 is 0 Å². The van der Waals surface area contributed by atoms with Crippen LogP contribution in [0.4, 0.5) is 0 Å². The average molecular weight is 233 g/mol. The predicted octanol–water partition coefficient (Wildman–Crippen LogP) is 2.21. The number of hydrogen-bond acceptors (Lipinski definition) is 3. The second-order valence-corrected chi connectivity index (χ2v) is 4.31. The third kappa shape index (κ3) is 3.69. The van der Waals surface area contributed by atoms with Gasteiger partial charge in [-0.05, 0) is 31.5 Å². The van der Waals surface area contributed by atoms with Crippen molar-refractivity contribution in [2.75, 3.05) is 14.2 Å². The molecule has 0 saturated heterocycles. The summed E-state index contributed by atoms with van der Waals surface area (Å²) in [6, 6.07) is 5.82. The summed E-state index contributed by atoms with van der Waals surface area (Å²) in [6.45, 7) is 4.62. The first-order valence-corrected chi connectivity index (χ1v) is 5.46. The Morgan fingerprint density at radius 3 is 2.41 bits per heavy atom. The number of hydrogen-bond donors (Lipinski definition) is 1. The molecule has 0 heterocycles. The van der Waals surface area contributed by atoms with Crippen molar-refractivity contribution in [1.29, 1.82) is 0 Å². The quantitative estimate of drug-likeness (QED) is 0.791. The van der Waals surface area contributed by atoms with Gasteiger partial charge in [0.15, 0.2) is 11.5 Å². The topological polar surface area (TPSA) is 30.5 Å². The first kappa shape index (κ1) is 13.4. The minimum atomic E-state index is -0.312. The van der Waals surface area contributed by atoms with Gasteiger partial charge in [0.05, 0.1) is 19.8 Å². The fourth-order valence-electron chi connectivity index (χ4n) is 1.36. The predicted molar refractivity (Wildman–Crippen MR) is 69.3 cm³/mol. The molecule has 3 nitrogen and oxygen atoms in total. The Balaban J connectivity index is 2.77. The molecule has 0 amide bonds. The lowest BCUT2D eigenvalue weighted by Gasteiger charge is -2.20. The van der Waals surface area contributed by atoms with Crippen LogP contribution in [0, 0.1) is 12.3 Å². The van der Waals surface area contributed by atoms with E-state index < -0.39 is 0 Å². The summed E-state index contributed by atoms with van der Waals surface area (Å²) in [7, 11) is 3.25. The van der Waals surface area contributed by atoms with Crippen LogP contribution in [-0.4, -0.2) is 19.8 Å². The van der Waals surface area contributed by atoms with E-state index in [-0.39, 0.29) is 5.54 Å². The molecule has 0 radical (unpaired) electrons. The van der Waals surface area contributed by atoms with Crippen LogP contribution in [0.5, 0.6) is 11.5 Å². The molecule has 0 fully saturated rings. The molecule has 0 aliphatic carbocycles. The molecule has 1 N–H and O–H groups in total. The highest BCUT2D eigenvalue weighted by Crippen LogP contribution is 2.27. The number of ether oxygens (including phenoxy) is 2. The van der Waals surface area contributed by atoms with Crippen LogP contribution < -0.4 is 14.8 Å². The van der Waals surface area contributed by atoms with E-state index in [1.807, 2.05) is 32.0 Å². The van der Waals surface area contributed by atoms with E-state index in [2.05, 4.69) is 11.2 Å². The Morgan fingerprint density at radius 1 is 1.24 bits per heavy atom. The van der Waals surface area contributed by atoms with Gasteiger partial charge in [-0.15, -0.1) is 6.42 Å². The van der Waals surface area contributed by atoms with Crippen LogP contribution in [0.15, 0.2) is 18.2 Å². The van der Waals surface area contributed by atoms with Crippen LogP contribution >= 0.6 is 0 Å². The van der Waals surface area contributed by atoms with E-state index in [0.29, 0.717) is 6.54 Å². The molecule has 0 spiro atoms. The molecular formula is C14H19NO2. The Morgan fingerprint density at radius 2 is 1.88 bits per heavy atom. The molecule has 0 bridgehead atoms. The maximum Gasteiger partial charge on any atom is 0.161 e. The van der Waals surface area contributed by atoms with Crippen LogP contribution in [0.25, 0.3) is 0 Å². The summed E-state index contributed by atoms with van der Waals surface area (Å²) in [4.78, 5) is 0. The average Bonchev–Trinajstić information content (AvgIpc) is 2.36. The molecule has 0 atom stereocenters. The van der Waals surface area contributed by atoms with Gasteiger partial charge in [0.25, 0.3) is 0 Å². The first-order chi connectivity index (χ1) is 8.02. The molecule has 1 rings (SSSR count). The highest BCUT2D eigenvalue weighted by molar-refractivity contribution is 5.42. The lowest BCUT2D eigenvalue weighted by Crippen LogP contribution is -2.36. The molecule has 1 aromatic rings. The van der Waals surface area contributed by atoms with E-state index in [4.69, 9.17) is 15.9 Å². The summed E-state index contributed by atoms with van der Waals surface area (Å²) in [5.74, 6) is 4.15. The SMILES string of the molecule is C#CC(C)(C)NCc1ccc(OC)c(OC)c1. The molecule has 3 heteroatoms. The minimum absolute atomic E-state index is 0.312. The zero-order valence-corrected chi connectivity index (χ0v) is 10.8. The third-order valence-corrected chi connectivity index (χ3v) is 2.54. The van der Waals surface area contributed by atoms with Crippen molar-refractivity contribution in [3.63, 3.8) is 0 Å². The Kier molecular flexibility index (Phi) is 4.42. The third-order valence-electron chi connectivity index (χ3n) is 2.54. The standard InChI is InChI=1S/C14H19NO2/c1-6-14(2,3)15-10-11-7-8-12(16-4)13(9-11)17-5/h1,7-9,15H,10H2,2-5H3. The van der Waals surface area contributed by atoms with Crippen molar-refractivity contribution in [2.24, 2.45) is 0 Å². The van der Waals surface area contributed by atoms with Crippen LogP contribution in [0.2, 0.25) is 0 Å². The zero-order chi connectivity index (χ0) is 12.9. The summed E-state index contributed by atoms with van der Waals surface area (Å²) in [5.41, 5.74) is 0.790. The second kappa shape index (κ2) is 5.60. The summed E-state index contributed by atoms with van der Waals surface area (Å²) < 4.78 is 10.4. The summed E-state index contributed by atoms with van der Waals surface area (Å²) >= 11 is 0. The van der Waals surface area contributed by atoms with Gasteiger partial charge in [0.2, 0.25) is 0 Å². The van der Waals surface area contributed by atoms with Gasteiger partial charge in [0.1, 0.15) is 0 Å². The summed E-state index contributed by atoms with van der Waals surface area (Å²) in [6.07, 6.45) is 5.41. The highest BCUT2D eigenvalue weighted by atomic mass is 16.5. The number of methoxy groups -OCH3 is 2. The van der Waals surface area contributed by atoms with Crippen molar-refractivity contribution in [2.45, 2.75) is 25.9 Å². The van der Waals surface area contributed by atoms with Gasteiger partial charge < -0.3 is 9.47 Å². The molecular weight excluding hydrogens is 214 g/mol. The zero-order valence-electron chi connectivity index (χ0n) is 10.8. The van der Waals surface area contributed by atoms with Gasteiger partial charge in [-0.25, -0.2) is 0 Å². The number of rotatable bonds is 5. The highest BCUT2D eigenvalue weighted by Gasteiger charge is 2.12. The van der Waals surface area contributed by atoms with Crippen LogP contribution in [0.1, 0.15) is 19.4 Å². The first-order valence-electron chi connectivity index (χ1n) is 5.46. The molecule has 0 unspecified atom stereocenters. The number of terminal acetylenes is 1. The van der Waals surface area contributed by atoms with Crippen LogP contribution in [-0.2, 0) is 6.54 Å². The Bertz CT molecular complexity index is 419. The fourth-order valence-corrected chi connectivity index (χ4v) is 1.36. The summed E-state index contributed by atoms with van der Waals surface area (Å²) in [5, 5.41) is 3.28. The van der Waals surface area contributed by atoms with Gasteiger partial charge in [-0.3, -0.25) is 5.32 Å². The van der Waals surface area contributed by atoms with Crippen molar-refractivity contribution >= 4 is 0 Å².